The number of para-hydroxylation sites is 1. The number of benzene rings is 1. The first-order valence-corrected chi connectivity index (χ1v) is 10.2. The number of fused-ring (bicyclic) bond motifs is 5. The first-order valence-electron chi connectivity index (χ1n) is 10.2. The second-order valence-electron chi connectivity index (χ2n) is 7.88. The van der Waals surface area contributed by atoms with Crippen LogP contribution in [0, 0.1) is 5.41 Å². The summed E-state index contributed by atoms with van der Waals surface area (Å²) in [5.74, 6) is -0.0508. The van der Waals surface area contributed by atoms with Crippen molar-refractivity contribution in [3.8, 4) is 0 Å². The number of carbonyl (C=O) groups is 1. The molecule has 1 aromatic carbocycles. The molecule has 1 fully saturated rings. The van der Waals surface area contributed by atoms with Crippen molar-refractivity contribution in [2.75, 3.05) is 19.7 Å². The van der Waals surface area contributed by atoms with Crippen LogP contribution in [0.15, 0.2) is 24.3 Å². The van der Waals surface area contributed by atoms with Crippen LogP contribution in [0.3, 0.4) is 0 Å². The Morgan fingerprint density at radius 3 is 2.96 bits per heavy atom. The van der Waals surface area contributed by atoms with Crippen molar-refractivity contribution in [1.29, 1.82) is 0 Å². The van der Waals surface area contributed by atoms with Gasteiger partial charge in [-0.3, -0.25) is 9.69 Å². The van der Waals surface area contributed by atoms with Crippen molar-refractivity contribution in [3.63, 3.8) is 0 Å². The molecule has 2 aromatic rings. The largest absolute Gasteiger partial charge is 0.466 e. The minimum Gasteiger partial charge on any atom is -0.466 e. The van der Waals surface area contributed by atoms with Crippen LogP contribution in [0.25, 0.3) is 10.9 Å². The summed E-state index contributed by atoms with van der Waals surface area (Å²) in [6.07, 6.45) is 6.08. The number of nitrogens with zero attached hydrogens (tertiary/aromatic N) is 1. The van der Waals surface area contributed by atoms with Gasteiger partial charge < -0.3 is 9.72 Å². The fourth-order valence-corrected chi connectivity index (χ4v) is 5.39. The first-order chi connectivity index (χ1) is 12.7. The molecule has 0 bridgehead atoms. The highest BCUT2D eigenvalue weighted by Gasteiger charge is 2.47. The molecule has 4 rings (SSSR count). The van der Waals surface area contributed by atoms with Crippen LogP contribution >= 0.6 is 0 Å². The monoisotopic (exact) mass is 354 g/mol. The molecule has 0 amide bonds. The molecule has 0 radical (unpaired) electrons. The molecule has 1 N–H and O–H groups in total. The van der Waals surface area contributed by atoms with Crippen LogP contribution in [0.1, 0.15) is 63.3 Å². The lowest BCUT2D eigenvalue weighted by Gasteiger charge is -2.52. The van der Waals surface area contributed by atoms with E-state index in [-0.39, 0.29) is 11.4 Å². The summed E-state index contributed by atoms with van der Waals surface area (Å²) < 4.78 is 5.22. The second-order valence-corrected chi connectivity index (χ2v) is 7.88. The van der Waals surface area contributed by atoms with Gasteiger partial charge in [-0.25, -0.2) is 0 Å². The summed E-state index contributed by atoms with van der Waals surface area (Å²) in [7, 11) is 0. The number of esters is 1. The summed E-state index contributed by atoms with van der Waals surface area (Å²) in [6, 6.07) is 9.07. The van der Waals surface area contributed by atoms with Crippen LogP contribution in [-0.4, -0.2) is 35.5 Å². The number of hydrogen-bond donors (Lipinski definition) is 1. The van der Waals surface area contributed by atoms with Crippen LogP contribution in [0.2, 0.25) is 0 Å². The Kier molecular flexibility index (Phi) is 4.78. The summed E-state index contributed by atoms with van der Waals surface area (Å²) in [5, 5.41) is 1.38. The third-order valence-electron chi connectivity index (χ3n) is 6.67. The molecule has 140 valence electrons. The molecule has 1 saturated heterocycles. The number of carbonyl (C=O) groups excluding carboxylic acids is 1. The fourth-order valence-electron chi connectivity index (χ4n) is 5.39. The maximum Gasteiger partial charge on any atom is 0.305 e. The lowest BCUT2D eigenvalue weighted by Crippen LogP contribution is -2.49. The lowest BCUT2D eigenvalue weighted by molar-refractivity contribution is -0.144. The van der Waals surface area contributed by atoms with E-state index in [2.05, 4.69) is 41.1 Å². The number of H-pyrrole nitrogens is 1. The van der Waals surface area contributed by atoms with Crippen LogP contribution in [0.4, 0.5) is 0 Å². The molecule has 3 heterocycles. The molecule has 0 spiro atoms. The number of aromatic nitrogens is 1. The van der Waals surface area contributed by atoms with Crippen molar-refractivity contribution >= 4 is 16.9 Å². The highest BCUT2D eigenvalue weighted by atomic mass is 16.5. The minimum atomic E-state index is -0.0508. The van der Waals surface area contributed by atoms with Gasteiger partial charge in [0.05, 0.1) is 12.6 Å². The zero-order valence-electron chi connectivity index (χ0n) is 16.0. The van der Waals surface area contributed by atoms with E-state index in [1.54, 1.807) is 0 Å². The van der Waals surface area contributed by atoms with Gasteiger partial charge in [0.1, 0.15) is 0 Å². The molecule has 26 heavy (non-hydrogen) atoms. The number of hydrogen-bond acceptors (Lipinski definition) is 3. The molecule has 0 aliphatic carbocycles. The Morgan fingerprint density at radius 1 is 1.31 bits per heavy atom. The third kappa shape index (κ3) is 2.84. The molecular formula is C22H30N2O2. The maximum atomic E-state index is 12.0. The highest BCUT2D eigenvalue weighted by Crippen LogP contribution is 2.53. The van der Waals surface area contributed by atoms with Gasteiger partial charge in [0.25, 0.3) is 0 Å². The minimum absolute atomic E-state index is 0.0508. The molecule has 0 unspecified atom stereocenters. The van der Waals surface area contributed by atoms with Gasteiger partial charge in [0.2, 0.25) is 0 Å². The molecule has 4 nitrogen and oxygen atoms in total. The third-order valence-corrected chi connectivity index (χ3v) is 6.67. The van der Waals surface area contributed by atoms with Crippen LogP contribution in [-0.2, 0) is 16.0 Å². The standard InChI is InChI=1S/C22H30N2O2/c1-3-22(13-10-19(25)26-4-2)12-7-14-24-15-11-17-16-8-5-6-9-18(16)23-20(17)21(22)24/h5-6,8-9,21,23H,3-4,7,10-15H2,1-2H3/t21-,22+/m1/s1. The lowest BCUT2D eigenvalue weighted by atomic mass is 9.65. The van der Waals surface area contributed by atoms with E-state index < -0.39 is 0 Å². The molecule has 2 aliphatic heterocycles. The van der Waals surface area contributed by atoms with Crippen molar-refractivity contribution in [2.24, 2.45) is 5.41 Å². The Balaban J connectivity index is 1.72. The molecule has 2 aliphatic rings. The number of nitrogens with one attached hydrogen (secondary N) is 1. The van der Waals surface area contributed by atoms with E-state index in [0.29, 0.717) is 19.1 Å². The predicted octanol–water partition coefficient (Wildman–Crippen LogP) is 4.60. The zero-order chi connectivity index (χ0) is 18.1. The summed E-state index contributed by atoms with van der Waals surface area (Å²) in [6.45, 7) is 6.94. The normalized spacial score (nSPS) is 25.7. The van der Waals surface area contributed by atoms with E-state index >= 15 is 0 Å². The zero-order valence-corrected chi connectivity index (χ0v) is 16.0. The van der Waals surface area contributed by atoms with Gasteiger partial charge >= 0.3 is 5.97 Å². The Bertz CT molecular complexity index is 797. The van der Waals surface area contributed by atoms with Gasteiger partial charge in [0, 0.05) is 29.6 Å². The van der Waals surface area contributed by atoms with Crippen molar-refractivity contribution in [3.05, 3.63) is 35.5 Å². The SMILES string of the molecule is CCOC(=O)CC[C@]1(CC)CCCN2CCc3c([nH]c4ccccc34)[C@@H]21. The van der Waals surface area contributed by atoms with E-state index in [9.17, 15) is 4.79 Å². The number of rotatable bonds is 5. The van der Waals surface area contributed by atoms with Crippen LogP contribution in [0.5, 0.6) is 0 Å². The Morgan fingerprint density at radius 2 is 2.15 bits per heavy atom. The van der Waals surface area contributed by atoms with Crippen molar-refractivity contribution in [1.82, 2.24) is 9.88 Å². The Labute approximate surface area is 155 Å². The predicted molar refractivity (Wildman–Crippen MR) is 104 cm³/mol. The van der Waals surface area contributed by atoms with Gasteiger partial charge in [0.15, 0.2) is 0 Å². The average molecular weight is 354 g/mol. The first kappa shape index (κ1) is 17.6. The summed E-state index contributed by atoms with van der Waals surface area (Å²) in [5.41, 5.74) is 4.31. The highest BCUT2D eigenvalue weighted by molar-refractivity contribution is 5.85. The molecule has 0 saturated carbocycles. The van der Waals surface area contributed by atoms with Crippen LogP contribution < -0.4 is 0 Å². The van der Waals surface area contributed by atoms with Gasteiger partial charge in [-0.2, -0.15) is 0 Å². The Hall–Kier alpha value is -1.81. The topological polar surface area (TPSA) is 45.3 Å². The molecule has 2 atom stereocenters. The molecular weight excluding hydrogens is 324 g/mol. The van der Waals surface area contributed by atoms with E-state index in [0.717, 1.165) is 25.8 Å². The smallest absolute Gasteiger partial charge is 0.305 e. The summed E-state index contributed by atoms with van der Waals surface area (Å²) >= 11 is 0. The average Bonchev–Trinajstić information content (AvgIpc) is 3.05. The number of piperidine rings is 1. The number of aromatic amines is 1. The second kappa shape index (κ2) is 7.07. The van der Waals surface area contributed by atoms with Gasteiger partial charge in [-0.05, 0) is 62.6 Å². The molecule has 4 heteroatoms. The maximum absolute atomic E-state index is 12.0. The van der Waals surface area contributed by atoms with Gasteiger partial charge in [-0.15, -0.1) is 0 Å². The summed E-state index contributed by atoms with van der Waals surface area (Å²) in [4.78, 5) is 18.5. The van der Waals surface area contributed by atoms with E-state index in [1.165, 1.54) is 41.5 Å². The van der Waals surface area contributed by atoms with Crippen molar-refractivity contribution < 1.29 is 9.53 Å². The fraction of sp³-hybridized carbons (Fsp3) is 0.591. The quantitative estimate of drug-likeness (QED) is 0.798. The van der Waals surface area contributed by atoms with Crippen molar-refractivity contribution in [2.45, 2.75) is 58.4 Å². The van der Waals surface area contributed by atoms with Gasteiger partial charge in [-0.1, -0.05) is 25.1 Å². The number of ether oxygens (including phenoxy) is 1. The molecule has 1 aromatic heterocycles. The van der Waals surface area contributed by atoms with E-state index in [1.807, 2.05) is 6.92 Å². The van der Waals surface area contributed by atoms with E-state index in [4.69, 9.17) is 4.74 Å².